The van der Waals surface area contributed by atoms with Crippen molar-refractivity contribution in [3.8, 4) is 0 Å². The third-order valence-corrected chi connectivity index (χ3v) is 3.10. The maximum absolute atomic E-state index is 2.38. The molecule has 0 amide bonds. The van der Waals surface area contributed by atoms with Crippen LogP contribution >= 0.6 is 0 Å². The molecule has 0 aliphatic heterocycles. The van der Waals surface area contributed by atoms with Crippen molar-refractivity contribution in [1.29, 1.82) is 0 Å². The van der Waals surface area contributed by atoms with Crippen molar-refractivity contribution in [2.75, 3.05) is 0 Å². The first-order valence-corrected chi connectivity index (χ1v) is 5.07. The van der Waals surface area contributed by atoms with Crippen LogP contribution < -0.4 is 0 Å². The van der Waals surface area contributed by atoms with Gasteiger partial charge in [0.05, 0.1) is 0 Å². The second-order valence-electron chi connectivity index (χ2n) is 3.90. The molecule has 0 saturated carbocycles. The zero-order chi connectivity index (χ0) is 8.67. The van der Waals surface area contributed by atoms with E-state index in [1.54, 1.807) is 16.7 Å². The SMILES string of the molecule is [CH]1CC=CC2=C1CC1=C2CCC=C1. The van der Waals surface area contributed by atoms with E-state index in [4.69, 9.17) is 0 Å². The second-order valence-corrected chi connectivity index (χ2v) is 3.90. The fraction of sp³-hybridized carbons (Fsp3) is 0.308. The molecule has 3 rings (SSSR count). The van der Waals surface area contributed by atoms with Crippen molar-refractivity contribution in [2.24, 2.45) is 0 Å². The predicted octanol–water partition coefficient (Wildman–Crippen LogP) is 3.50. The maximum atomic E-state index is 2.38. The first kappa shape index (κ1) is 7.37. The van der Waals surface area contributed by atoms with Crippen LogP contribution in [0.15, 0.2) is 46.6 Å². The van der Waals surface area contributed by atoms with Crippen LogP contribution in [0.3, 0.4) is 0 Å². The second kappa shape index (κ2) is 2.73. The Morgan fingerprint density at radius 2 is 2.00 bits per heavy atom. The summed E-state index contributed by atoms with van der Waals surface area (Å²) in [5.74, 6) is 0. The number of fused-ring (bicyclic) bond motifs is 1. The molecule has 0 aromatic carbocycles. The van der Waals surface area contributed by atoms with Crippen LogP contribution in [0.2, 0.25) is 0 Å². The lowest BCUT2D eigenvalue weighted by Crippen LogP contribution is -1.93. The number of hydrogen-bond acceptors (Lipinski definition) is 0. The van der Waals surface area contributed by atoms with E-state index in [2.05, 4.69) is 30.7 Å². The van der Waals surface area contributed by atoms with Gasteiger partial charge in [-0.2, -0.15) is 0 Å². The summed E-state index contributed by atoms with van der Waals surface area (Å²) in [6, 6.07) is 0. The Morgan fingerprint density at radius 3 is 3.00 bits per heavy atom. The zero-order valence-corrected chi connectivity index (χ0v) is 7.72. The lowest BCUT2D eigenvalue weighted by atomic mass is 9.93. The van der Waals surface area contributed by atoms with E-state index in [0.717, 1.165) is 6.42 Å². The van der Waals surface area contributed by atoms with Crippen LogP contribution in [0.4, 0.5) is 0 Å². The highest BCUT2D eigenvalue weighted by Crippen LogP contribution is 2.41. The Morgan fingerprint density at radius 1 is 1.00 bits per heavy atom. The molecule has 3 aliphatic rings. The summed E-state index contributed by atoms with van der Waals surface area (Å²) in [6.45, 7) is 0. The van der Waals surface area contributed by atoms with Gasteiger partial charge in [-0.3, -0.25) is 0 Å². The number of allylic oxidation sites excluding steroid dienone is 8. The molecule has 0 atom stereocenters. The first-order chi connectivity index (χ1) is 6.45. The van der Waals surface area contributed by atoms with Crippen LogP contribution in [-0.2, 0) is 0 Å². The molecular weight excluding hydrogens is 156 g/mol. The normalized spacial score (nSPS) is 25.2. The highest BCUT2D eigenvalue weighted by molar-refractivity contribution is 5.60. The maximum Gasteiger partial charge on any atom is -0.00520 e. The minimum atomic E-state index is 1.13. The Bertz CT molecular complexity index is 361. The van der Waals surface area contributed by atoms with Gasteiger partial charge in [0.25, 0.3) is 0 Å². The Hall–Kier alpha value is -1.04. The summed E-state index contributed by atoms with van der Waals surface area (Å²) in [4.78, 5) is 0. The summed E-state index contributed by atoms with van der Waals surface area (Å²) >= 11 is 0. The third-order valence-electron chi connectivity index (χ3n) is 3.10. The van der Waals surface area contributed by atoms with Crippen LogP contribution in [0, 0.1) is 6.42 Å². The van der Waals surface area contributed by atoms with Crippen LogP contribution in [-0.4, -0.2) is 0 Å². The Kier molecular flexibility index (Phi) is 1.55. The van der Waals surface area contributed by atoms with Crippen molar-refractivity contribution >= 4 is 0 Å². The molecule has 0 heterocycles. The summed E-state index contributed by atoms with van der Waals surface area (Å²) < 4.78 is 0. The topological polar surface area (TPSA) is 0 Å². The van der Waals surface area contributed by atoms with E-state index in [1.165, 1.54) is 24.8 Å². The van der Waals surface area contributed by atoms with Crippen LogP contribution in [0.1, 0.15) is 25.7 Å². The minimum absolute atomic E-state index is 1.13. The van der Waals surface area contributed by atoms with Gasteiger partial charge in [-0.05, 0) is 48.8 Å². The molecule has 0 aromatic heterocycles. The number of rotatable bonds is 0. The summed E-state index contributed by atoms with van der Waals surface area (Å²) in [6.07, 6.45) is 16.4. The molecular formula is C13H13. The van der Waals surface area contributed by atoms with Crippen molar-refractivity contribution in [2.45, 2.75) is 25.7 Å². The van der Waals surface area contributed by atoms with Crippen molar-refractivity contribution in [3.63, 3.8) is 0 Å². The molecule has 0 fully saturated rings. The monoisotopic (exact) mass is 169 g/mol. The molecule has 0 heteroatoms. The van der Waals surface area contributed by atoms with Crippen molar-refractivity contribution < 1.29 is 0 Å². The molecule has 0 bridgehead atoms. The van der Waals surface area contributed by atoms with E-state index in [0.29, 0.717) is 0 Å². The van der Waals surface area contributed by atoms with Crippen LogP contribution in [0.25, 0.3) is 0 Å². The van der Waals surface area contributed by atoms with E-state index in [1.807, 2.05) is 0 Å². The largest absolute Gasteiger partial charge is 0.0839 e. The standard InChI is InChI=1S/C13H13/c1-3-7-12-10(5-1)9-11-6-2-4-8-13(11)12/h1,4-6,8H,2-3,7,9H2. The Labute approximate surface area is 79.3 Å². The summed E-state index contributed by atoms with van der Waals surface area (Å²) in [5, 5.41) is 0. The molecule has 0 spiro atoms. The number of hydrogen-bond donors (Lipinski definition) is 0. The molecule has 65 valence electrons. The van der Waals surface area contributed by atoms with Gasteiger partial charge >= 0.3 is 0 Å². The molecule has 0 saturated heterocycles. The fourth-order valence-corrected chi connectivity index (χ4v) is 2.47. The van der Waals surface area contributed by atoms with Gasteiger partial charge in [-0.1, -0.05) is 29.9 Å². The van der Waals surface area contributed by atoms with E-state index < -0.39 is 0 Å². The predicted molar refractivity (Wildman–Crippen MR) is 55.1 cm³/mol. The first-order valence-electron chi connectivity index (χ1n) is 5.07. The minimum Gasteiger partial charge on any atom is -0.0839 e. The van der Waals surface area contributed by atoms with Crippen LogP contribution in [0.5, 0.6) is 0 Å². The van der Waals surface area contributed by atoms with Gasteiger partial charge in [-0.25, -0.2) is 0 Å². The molecule has 13 heavy (non-hydrogen) atoms. The summed E-state index contributed by atoms with van der Waals surface area (Å²) in [7, 11) is 0. The van der Waals surface area contributed by atoms with Gasteiger partial charge in [0.1, 0.15) is 0 Å². The smallest absolute Gasteiger partial charge is 0.00520 e. The zero-order valence-electron chi connectivity index (χ0n) is 7.72. The Balaban J connectivity index is 2.05. The highest BCUT2D eigenvalue weighted by atomic mass is 14.3. The molecule has 1 radical (unpaired) electrons. The van der Waals surface area contributed by atoms with Gasteiger partial charge in [0.15, 0.2) is 0 Å². The lowest BCUT2D eigenvalue weighted by molar-refractivity contribution is 0.963. The van der Waals surface area contributed by atoms with Gasteiger partial charge in [0, 0.05) is 0 Å². The average Bonchev–Trinajstić information content (AvgIpc) is 2.56. The van der Waals surface area contributed by atoms with E-state index in [-0.39, 0.29) is 0 Å². The van der Waals surface area contributed by atoms with Gasteiger partial charge < -0.3 is 0 Å². The van der Waals surface area contributed by atoms with E-state index in [9.17, 15) is 0 Å². The van der Waals surface area contributed by atoms with Gasteiger partial charge in [-0.15, -0.1) is 0 Å². The summed E-state index contributed by atoms with van der Waals surface area (Å²) in [5.41, 5.74) is 6.29. The van der Waals surface area contributed by atoms with Crippen molar-refractivity contribution in [1.82, 2.24) is 0 Å². The lowest BCUT2D eigenvalue weighted by Gasteiger charge is -2.11. The quantitative estimate of drug-likeness (QED) is 0.520. The molecule has 0 aromatic rings. The average molecular weight is 169 g/mol. The van der Waals surface area contributed by atoms with E-state index >= 15 is 0 Å². The van der Waals surface area contributed by atoms with Gasteiger partial charge in [0.2, 0.25) is 0 Å². The molecule has 0 N–H and O–H groups in total. The highest BCUT2D eigenvalue weighted by Gasteiger charge is 2.23. The molecule has 3 aliphatic carbocycles. The fourth-order valence-electron chi connectivity index (χ4n) is 2.47. The third kappa shape index (κ3) is 1.05. The van der Waals surface area contributed by atoms with Crippen molar-refractivity contribution in [3.05, 3.63) is 53.0 Å². The molecule has 0 nitrogen and oxygen atoms in total. The molecule has 0 unspecified atom stereocenters.